The van der Waals surface area contributed by atoms with Gasteiger partial charge in [0.05, 0.1) is 6.54 Å². The molecule has 0 saturated carbocycles. The molecule has 1 rings (SSSR count). The smallest absolute Gasteiger partial charge is 0.191 e. The quantitative estimate of drug-likeness (QED) is 0.365. The second kappa shape index (κ2) is 13.5. The van der Waals surface area contributed by atoms with Gasteiger partial charge in [-0.25, -0.2) is 0 Å². The van der Waals surface area contributed by atoms with Crippen LogP contribution in [0.15, 0.2) is 4.99 Å². The molecule has 2 N–H and O–H groups in total. The van der Waals surface area contributed by atoms with E-state index in [1.165, 1.54) is 64.7 Å². The van der Waals surface area contributed by atoms with Crippen molar-refractivity contribution in [3.05, 3.63) is 0 Å². The van der Waals surface area contributed by atoms with Crippen molar-refractivity contribution in [3.63, 3.8) is 0 Å². The van der Waals surface area contributed by atoms with Crippen molar-refractivity contribution in [1.82, 2.24) is 20.4 Å². The fourth-order valence-corrected chi connectivity index (χ4v) is 3.13. The first-order valence-corrected chi connectivity index (χ1v) is 10.1. The summed E-state index contributed by atoms with van der Waals surface area (Å²) in [5.74, 6) is 0.979. The molecule has 1 fully saturated rings. The van der Waals surface area contributed by atoms with E-state index in [4.69, 9.17) is 4.99 Å². The second-order valence-corrected chi connectivity index (χ2v) is 7.15. The van der Waals surface area contributed by atoms with Gasteiger partial charge in [0.15, 0.2) is 5.96 Å². The number of aliphatic imine (C=N–C) groups is 1. The highest BCUT2D eigenvalue weighted by Gasteiger charge is 2.11. The highest BCUT2D eigenvalue weighted by Crippen LogP contribution is 2.05. The third-order valence-electron chi connectivity index (χ3n) is 4.72. The lowest BCUT2D eigenvalue weighted by molar-refractivity contribution is 0.283. The van der Waals surface area contributed by atoms with E-state index in [2.05, 4.69) is 48.3 Å². The molecular formula is C19H41N5. The predicted molar refractivity (Wildman–Crippen MR) is 106 cm³/mol. The normalized spacial score (nSPS) is 19.1. The maximum absolute atomic E-state index is 4.78. The third-order valence-corrected chi connectivity index (χ3v) is 4.72. The molecule has 0 aromatic heterocycles. The maximum atomic E-state index is 4.78. The number of nitrogens with one attached hydrogen (secondary N) is 2. The lowest BCUT2D eigenvalue weighted by Gasteiger charge is -2.20. The van der Waals surface area contributed by atoms with Gasteiger partial charge >= 0.3 is 0 Å². The van der Waals surface area contributed by atoms with Gasteiger partial charge in [-0.2, -0.15) is 0 Å². The Balaban J connectivity index is 2.30. The molecule has 5 heteroatoms. The lowest BCUT2D eigenvalue weighted by atomic mass is 10.1. The van der Waals surface area contributed by atoms with Crippen molar-refractivity contribution in [2.75, 3.05) is 52.9 Å². The van der Waals surface area contributed by atoms with Gasteiger partial charge in [0.25, 0.3) is 0 Å². The highest BCUT2D eigenvalue weighted by atomic mass is 15.2. The topological polar surface area (TPSA) is 42.9 Å². The first kappa shape index (κ1) is 21.2. The van der Waals surface area contributed by atoms with Crippen LogP contribution in [0, 0.1) is 0 Å². The summed E-state index contributed by atoms with van der Waals surface area (Å²) < 4.78 is 0. The van der Waals surface area contributed by atoms with Crippen molar-refractivity contribution in [2.24, 2.45) is 4.99 Å². The highest BCUT2D eigenvalue weighted by molar-refractivity contribution is 5.80. The number of hydrogen-bond donors (Lipinski definition) is 2. The van der Waals surface area contributed by atoms with Gasteiger partial charge in [0.2, 0.25) is 0 Å². The van der Waals surface area contributed by atoms with Crippen molar-refractivity contribution in [1.29, 1.82) is 0 Å². The van der Waals surface area contributed by atoms with Crippen LogP contribution in [0.5, 0.6) is 0 Å². The summed E-state index contributed by atoms with van der Waals surface area (Å²) in [7, 11) is 2.22. The molecule has 0 aliphatic carbocycles. The molecule has 1 atom stereocenters. The van der Waals surface area contributed by atoms with Crippen LogP contribution in [-0.4, -0.2) is 74.7 Å². The zero-order valence-corrected chi connectivity index (χ0v) is 16.6. The summed E-state index contributed by atoms with van der Waals surface area (Å²) in [4.78, 5) is 9.75. The molecule has 1 heterocycles. The van der Waals surface area contributed by atoms with Crippen LogP contribution in [0.25, 0.3) is 0 Å². The van der Waals surface area contributed by atoms with E-state index in [0.29, 0.717) is 6.04 Å². The van der Waals surface area contributed by atoms with Crippen LogP contribution in [0.3, 0.4) is 0 Å². The predicted octanol–water partition coefficient (Wildman–Crippen LogP) is 2.54. The summed E-state index contributed by atoms with van der Waals surface area (Å²) >= 11 is 0. The monoisotopic (exact) mass is 339 g/mol. The average Bonchev–Trinajstić information content (AvgIpc) is 2.76. The SMILES string of the molecule is CCCCCCC(C)NC(=NCCN1CCCN(C)CC1)NCC. The molecule has 0 aromatic carbocycles. The Bertz CT molecular complexity index is 332. The van der Waals surface area contributed by atoms with Crippen molar-refractivity contribution in [3.8, 4) is 0 Å². The minimum atomic E-state index is 0.492. The summed E-state index contributed by atoms with van der Waals surface area (Å²) in [6.45, 7) is 14.3. The first-order valence-electron chi connectivity index (χ1n) is 10.1. The number of rotatable bonds is 10. The van der Waals surface area contributed by atoms with E-state index in [0.717, 1.165) is 25.6 Å². The number of likely N-dealkylation sites (N-methyl/N-ethyl adjacent to an activating group) is 1. The van der Waals surface area contributed by atoms with E-state index in [9.17, 15) is 0 Å². The zero-order valence-electron chi connectivity index (χ0n) is 16.6. The summed E-state index contributed by atoms with van der Waals surface area (Å²) in [5, 5.41) is 6.95. The zero-order chi connectivity index (χ0) is 17.6. The number of nitrogens with zero attached hydrogens (tertiary/aromatic N) is 3. The Hall–Kier alpha value is -0.810. The molecule has 0 bridgehead atoms. The molecule has 1 aliphatic rings. The van der Waals surface area contributed by atoms with Gasteiger partial charge in [0, 0.05) is 32.2 Å². The van der Waals surface area contributed by atoms with Crippen LogP contribution in [-0.2, 0) is 0 Å². The molecule has 24 heavy (non-hydrogen) atoms. The molecule has 0 amide bonds. The van der Waals surface area contributed by atoms with Crippen LogP contribution < -0.4 is 10.6 Å². The van der Waals surface area contributed by atoms with Gasteiger partial charge in [0.1, 0.15) is 0 Å². The molecule has 1 saturated heterocycles. The van der Waals surface area contributed by atoms with E-state index in [-0.39, 0.29) is 0 Å². The van der Waals surface area contributed by atoms with Gasteiger partial charge in [-0.05, 0) is 46.8 Å². The van der Waals surface area contributed by atoms with Gasteiger partial charge in [-0.1, -0.05) is 32.6 Å². The van der Waals surface area contributed by atoms with Gasteiger partial charge in [-0.3, -0.25) is 4.99 Å². The number of guanidine groups is 1. The summed E-state index contributed by atoms with van der Waals surface area (Å²) in [5.41, 5.74) is 0. The lowest BCUT2D eigenvalue weighted by Crippen LogP contribution is -2.42. The van der Waals surface area contributed by atoms with Crippen molar-refractivity contribution in [2.45, 2.75) is 65.3 Å². The third kappa shape index (κ3) is 10.1. The van der Waals surface area contributed by atoms with Crippen LogP contribution in [0.2, 0.25) is 0 Å². The minimum absolute atomic E-state index is 0.492. The first-order chi connectivity index (χ1) is 11.7. The van der Waals surface area contributed by atoms with Gasteiger partial charge < -0.3 is 20.4 Å². The molecule has 1 aliphatic heterocycles. The largest absolute Gasteiger partial charge is 0.357 e. The molecule has 5 nitrogen and oxygen atoms in total. The Morgan fingerprint density at radius 2 is 1.92 bits per heavy atom. The summed E-state index contributed by atoms with van der Waals surface area (Å²) in [6.07, 6.45) is 7.81. The van der Waals surface area contributed by atoms with E-state index in [1.807, 2.05) is 0 Å². The van der Waals surface area contributed by atoms with E-state index in [1.54, 1.807) is 0 Å². The Kier molecular flexibility index (Phi) is 11.9. The molecule has 1 unspecified atom stereocenters. The fraction of sp³-hybridized carbons (Fsp3) is 0.947. The van der Waals surface area contributed by atoms with Crippen LogP contribution >= 0.6 is 0 Å². The minimum Gasteiger partial charge on any atom is -0.357 e. The van der Waals surface area contributed by atoms with E-state index >= 15 is 0 Å². The van der Waals surface area contributed by atoms with Crippen LogP contribution in [0.1, 0.15) is 59.3 Å². The van der Waals surface area contributed by atoms with Crippen molar-refractivity contribution < 1.29 is 0 Å². The molecule has 142 valence electrons. The van der Waals surface area contributed by atoms with Gasteiger partial charge in [-0.15, -0.1) is 0 Å². The molecule has 0 radical (unpaired) electrons. The summed E-state index contributed by atoms with van der Waals surface area (Å²) in [6, 6.07) is 0.492. The van der Waals surface area contributed by atoms with Crippen LogP contribution in [0.4, 0.5) is 0 Å². The number of unbranched alkanes of at least 4 members (excludes halogenated alkanes) is 3. The molecule has 0 aromatic rings. The Labute approximate surface area is 150 Å². The maximum Gasteiger partial charge on any atom is 0.191 e. The standard InChI is InChI=1S/C19H41N5/c1-5-7-8-9-11-18(3)22-19(20-6-2)21-12-15-24-14-10-13-23(4)16-17-24/h18H,5-17H2,1-4H3,(H2,20,21,22). The van der Waals surface area contributed by atoms with E-state index < -0.39 is 0 Å². The fourth-order valence-electron chi connectivity index (χ4n) is 3.13. The molecule has 0 spiro atoms. The number of hydrogen-bond acceptors (Lipinski definition) is 3. The Morgan fingerprint density at radius 3 is 2.67 bits per heavy atom. The average molecular weight is 340 g/mol. The molecular weight excluding hydrogens is 298 g/mol. The second-order valence-electron chi connectivity index (χ2n) is 7.15. The van der Waals surface area contributed by atoms with Crippen molar-refractivity contribution >= 4 is 5.96 Å². The Morgan fingerprint density at radius 1 is 1.08 bits per heavy atom.